The van der Waals surface area contributed by atoms with Gasteiger partial charge in [-0.2, -0.15) is 0 Å². The highest BCUT2D eigenvalue weighted by Crippen LogP contribution is 2.05. The van der Waals surface area contributed by atoms with Crippen LogP contribution in [0.4, 0.5) is 0 Å². The highest BCUT2D eigenvalue weighted by Gasteiger charge is 2.01. The van der Waals surface area contributed by atoms with E-state index in [9.17, 15) is 4.79 Å². The first-order valence-electron chi connectivity index (χ1n) is 5.03. The predicted molar refractivity (Wildman–Crippen MR) is 60.5 cm³/mol. The van der Waals surface area contributed by atoms with Gasteiger partial charge in [0, 0.05) is 5.57 Å². The molecule has 0 N–H and O–H groups in total. The van der Waals surface area contributed by atoms with Crippen molar-refractivity contribution in [2.75, 3.05) is 7.11 Å². The molecule has 2 heteroatoms. The molecule has 0 amide bonds. The normalized spacial score (nSPS) is 11.2. The van der Waals surface area contributed by atoms with E-state index in [1.54, 1.807) is 6.92 Å². The van der Waals surface area contributed by atoms with Gasteiger partial charge in [0.2, 0.25) is 0 Å². The van der Waals surface area contributed by atoms with Gasteiger partial charge in [0.1, 0.15) is 0 Å². The van der Waals surface area contributed by atoms with E-state index >= 15 is 0 Å². The number of carbonyl (C=O) groups excluding carboxylic acids is 1. The first kappa shape index (κ1) is 11.5. The first-order valence-corrected chi connectivity index (χ1v) is 5.03. The zero-order chi connectivity index (χ0) is 11.1. The number of rotatable bonds is 4. The molecule has 0 fully saturated rings. The summed E-state index contributed by atoms with van der Waals surface area (Å²) in [4.78, 5) is 11.1. The molecule has 0 aliphatic heterocycles. The molecule has 2 nitrogen and oxygen atoms in total. The molecular formula is C13H16O2. The monoisotopic (exact) mass is 204 g/mol. The first-order chi connectivity index (χ1) is 7.24. The minimum absolute atomic E-state index is 0.247. The van der Waals surface area contributed by atoms with E-state index in [2.05, 4.69) is 16.9 Å². The Morgan fingerprint density at radius 1 is 1.33 bits per heavy atom. The fourth-order valence-corrected chi connectivity index (χ4v) is 1.34. The molecule has 0 unspecified atom stereocenters. The third-order valence-corrected chi connectivity index (χ3v) is 2.23. The number of aryl methyl sites for hydroxylation is 1. The zero-order valence-corrected chi connectivity index (χ0v) is 9.19. The molecule has 0 aromatic heterocycles. The van der Waals surface area contributed by atoms with Crippen LogP contribution in [0.1, 0.15) is 18.9 Å². The van der Waals surface area contributed by atoms with Gasteiger partial charge in [-0.15, -0.1) is 0 Å². The van der Waals surface area contributed by atoms with Gasteiger partial charge < -0.3 is 4.74 Å². The predicted octanol–water partition coefficient (Wildman–Crippen LogP) is 2.74. The summed E-state index contributed by atoms with van der Waals surface area (Å²) in [6, 6.07) is 10.2. The van der Waals surface area contributed by atoms with Crippen molar-refractivity contribution in [2.24, 2.45) is 0 Å². The summed E-state index contributed by atoms with van der Waals surface area (Å²) < 4.78 is 4.61. The second-order valence-electron chi connectivity index (χ2n) is 3.40. The quantitative estimate of drug-likeness (QED) is 0.557. The van der Waals surface area contributed by atoms with Gasteiger partial charge in [0.05, 0.1) is 7.11 Å². The molecule has 0 atom stereocenters. The Hall–Kier alpha value is -1.57. The Balaban J connectivity index is 2.42. The Bertz CT molecular complexity index is 339. The van der Waals surface area contributed by atoms with Gasteiger partial charge in [-0.25, -0.2) is 4.79 Å². The molecule has 15 heavy (non-hydrogen) atoms. The molecule has 80 valence electrons. The summed E-state index contributed by atoms with van der Waals surface area (Å²) in [5, 5.41) is 0. The molecule has 0 aliphatic rings. The highest BCUT2D eigenvalue weighted by atomic mass is 16.5. The number of esters is 1. The fraction of sp³-hybridized carbons (Fsp3) is 0.308. The maximum atomic E-state index is 11.1. The lowest BCUT2D eigenvalue weighted by Crippen LogP contribution is -2.01. The van der Waals surface area contributed by atoms with Gasteiger partial charge >= 0.3 is 5.97 Å². The average Bonchev–Trinajstić information content (AvgIpc) is 2.29. The number of carbonyl (C=O) groups is 1. The van der Waals surface area contributed by atoms with E-state index in [0.717, 1.165) is 12.8 Å². The Labute approximate surface area is 90.6 Å². The number of hydrogen-bond acceptors (Lipinski definition) is 2. The van der Waals surface area contributed by atoms with Crippen molar-refractivity contribution >= 4 is 5.97 Å². The Morgan fingerprint density at radius 3 is 2.60 bits per heavy atom. The van der Waals surface area contributed by atoms with Crippen molar-refractivity contribution in [3.05, 3.63) is 47.5 Å². The minimum atomic E-state index is -0.247. The second-order valence-corrected chi connectivity index (χ2v) is 3.40. The fourth-order valence-electron chi connectivity index (χ4n) is 1.34. The molecular weight excluding hydrogens is 188 g/mol. The number of methoxy groups -OCH3 is 1. The summed E-state index contributed by atoms with van der Waals surface area (Å²) in [5.41, 5.74) is 1.96. The molecule has 1 aromatic rings. The van der Waals surface area contributed by atoms with Gasteiger partial charge in [0.15, 0.2) is 0 Å². The van der Waals surface area contributed by atoms with E-state index in [1.165, 1.54) is 12.7 Å². The van der Waals surface area contributed by atoms with Crippen LogP contribution in [0.3, 0.4) is 0 Å². The smallest absolute Gasteiger partial charge is 0.333 e. The molecule has 0 saturated heterocycles. The van der Waals surface area contributed by atoms with Crippen LogP contribution in [0.2, 0.25) is 0 Å². The molecule has 0 bridgehead atoms. The van der Waals surface area contributed by atoms with Gasteiger partial charge in [-0.3, -0.25) is 0 Å². The second kappa shape index (κ2) is 6.02. The molecule has 0 spiro atoms. The summed E-state index contributed by atoms with van der Waals surface area (Å²) >= 11 is 0. The molecule has 0 aliphatic carbocycles. The number of hydrogen-bond donors (Lipinski definition) is 0. The molecule has 1 rings (SSSR count). The van der Waals surface area contributed by atoms with Crippen LogP contribution in [-0.4, -0.2) is 13.1 Å². The molecule has 0 radical (unpaired) electrons. The molecule has 1 aromatic carbocycles. The summed E-state index contributed by atoms with van der Waals surface area (Å²) in [6.45, 7) is 1.77. The number of ether oxygens (including phenoxy) is 1. The molecule has 0 heterocycles. The van der Waals surface area contributed by atoms with Crippen LogP contribution in [0.5, 0.6) is 0 Å². The van der Waals surface area contributed by atoms with Crippen LogP contribution in [0.15, 0.2) is 42.0 Å². The van der Waals surface area contributed by atoms with Crippen molar-refractivity contribution in [1.82, 2.24) is 0 Å². The van der Waals surface area contributed by atoms with Crippen LogP contribution >= 0.6 is 0 Å². The highest BCUT2D eigenvalue weighted by molar-refractivity contribution is 5.87. The Kier molecular flexibility index (Phi) is 4.61. The van der Waals surface area contributed by atoms with Crippen molar-refractivity contribution in [1.29, 1.82) is 0 Å². The van der Waals surface area contributed by atoms with Gasteiger partial charge in [-0.05, 0) is 25.3 Å². The van der Waals surface area contributed by atoms with E-state index in [-0.39, 0.29) is 5.97 Å². The SMILES string of the molecule is COC(=O)/C(C)=C/CCc1ccccc1. The van der Waals surface area contributed by atoms with Crippen molar-refractivity contribution in [2.45, 2.75) is 19.8 Å². The van der Waals surface area contributed by atoms with Crippen LogP contribution in [-0.2, 0) is 16.0 Å². The summed E-state index contributed by atoms with van der Waals surface area (Å²) in [5.74, 6) is -0.247. The maximum Gasteiger partial charge on any atom is 0.333 e. The van der Waals surface area contributed by atoms with Gasteiger partial charge in [0.25, 0.3) is 0 Å². The molecule has 0 saturated carbocycles. The zero-order valence-electron chi connectivity index (χ0n) is 9.19. The van der Waals surface area contributed by atoms with Crippen molar-refractivity contribution in [3.63, 3.8) is 0 Å². The topological polar surface area (TPSA) is 26.3 Å². The third-order valence-electron chi connectivity index (χ3n) is 2.23. The third kappa shape index (κ3) is 3.98. The van der Waals surface area contributed by atoms with E-state index in [1.807, 2.05) is 24.3 Å². The standard InChI is InChI=1S/C13H16O2/c1-11(13(14)15-2)7-6-10-12-8-4-3-5-9-12/h3-5,7-9H,6,10H2,1-2H3/b11-7+. The van der Waals surface area contributed by atoms with Crippen molar-refractivity contribution in [3.8, 4) is 0 Å². The van der Waals surface area contributed by atoms with Crippen molar-refractivity contribution < 1.29 is 9.53 Å². The Morgan fingerprint density at radius 2 is 2.00 bits per heavy atom. The van der Waals surface area contributed by atoms with E-state index in [4.69, 9.17) is 0 Å². The lowest BCUT2D eigenvalue weighted by molar-refractivity contribution is -0.136. The average molecular weight is 204 g/mol. The minimum Gasteiger partial charge on any atom is -0.466 e. The number of allylic oxidation sites excluding steroid dienone is 1. The number of benzene rings is 1. The largest absolute Gasteiger partial charge is 0.466 e. The van der Waals surface area contributed by atoms with Gasteiger partial charge in [-0.1, -0.05) is 36.4 Å². The van der Waals surface area contributed by atoms with Crippen LogP contribution in [0.25, 0.3) is 0 Å². The summed E-state index contributed by atoms with van der Waals surface area (Å²) in [6.07, 6.45) is 3.74. The summed E-state index contributed by atoms with van der Waals surface area (Å²) in [7, 11) is 1.40. The van der Waals surface area contributed by atoms with E-state index in [0.29, 0.717) is 5.57 Å². The lowest BCUT2D eigenvalue weighted by Gasteiger charge is -1.99. The van der Waals surface area contributed by atoms with Crippen LogP contribution in [0, 0.1) is 0 Å². The lowest BCUT2D eigenvalue weighted by atomic mass is 10.1. The van der Waals surface area contributed by atoms with Crippen LogP contribution < -0.4 is 0 Å². The maximum absolute atomic E-state index is 11.1. The van der Waals surface area contributed by atoms with E-state index < -0.39 is 0 Å².